The standard InChI is InChI=1S/C30H21N5O5S2/c1-18-4-7-20(8-5-18)29(37)33-22-9-10-24-27(15-22)42-30(34-24)41-26-11-6-19(14-25(26)35(38)39)13-21(16-31)28(36)32-17-23-3-2-12-40-23/h2-15H,17H2,1H3,(H,32,36)(H,33,37)/b21-13+. The Hall–Kier alpha value is -5.25. The first kappa shape index (κ1) is 28.3. The molecule has 10 nitrogen and oxygen atoms in total. The number of anilines is 1. The third kappa shape index (κ3) is 6.72. The summed E-state index contributed by atoms with van der Waals surface area (Å²) in [6.45, 7) is 2.05. The van der Waals surface area contributed by atoms with Crippen molar-refractivity contribution in [3.63, 3.8) is 0 Å². The second-order valence-electron chi connectivity index (χ2n) is 9.00. The van der Waals surface area contributed by atoms with Crippen molar-refractivity contribution in [3.8, 4) is 6.07 Å². The van der Waals surface area contributed by atoms with Gasteiger partial charge >= 0.3 is 0 Å². The Morgan fingerprint density at radius 2 is 1.95 bits per heavy atom. The Morgan fingerprint density at radius 1 is 1.14 bits per heavy atom. The van der Waals surface area contributed by atoms with Gasteiger partial charge in [0.05, 0.1) is 32.8 Å². The molecule has 0 saturated carbocycles. The summed E-state index contributed by atoms with van der Waals surface area (Å²) in [5.41, 5.74) is 2.84. The molecule has 0 aliphatic rings. The number of nitriles is 1. The first-order chi connectivity index (χ1) is 20.3. The number of thiazole rings is 1. The summed E-state index contributed by atoms with van der Waals surface area (Å²) in [5, 5.41) is 26.8. The van der Waals surface area contributed by atoms with Crippen molar-refractivity contribution in [2.24, 2.45) is 0 Å². The molecular weight excluding hydrogens is 574 g/mol. The first-order valence-corrected chi connectivity index (χ1v) is 14.1. The van der Waals surface area contributed by atoms with E-state index < -0.39 is 10.8 Å². The van der Waals surface area contributed by atoms with Crippen LogP contribution in [-0.2, 0) is 11.3 Å². The Balaban J connectivity index is 1.32. The molecular formula is C30H21N5O5S2. The molecule has 0 spiro atoms. The van der Waals surface area contributed by atoms with Crippen LogP contribution >= 0.6 is 23.1 Å². The fraction of sp³-hybridized carbons (Fsp3) is 0.0667. The molecule has 2 heterocycles. The summed E-state index contributed by atoms with van der Waals surface area (Å²) in [6.07, 6.45) is 2.77. The maximum atomic E-state index is 12.6. The number of hydrogen-bond donors (Lipinski definition) is 2. The molecule has 2 aromatic heterocycles. The van der Waals surface area contributed by atoms with E-state index in [9.17, 15) is 25.0 Å². The van der Waals surface area contributed by atoms with Crippen molar-refractivity contribution in [2.75, 3.05) is 5.32 Å². The van der Waals surface area contributed by atoms with E-state index in [4.69, 9.17) is 4.42 Å². The van der Waals surface area contributed by atoms with Crippen molar-refractivity contribution >= 4 is 62.6 Å². The molecule has 0 aliphatic heterocycles. The zero-order valence-electron chi connectivity index (χ0n) is 22.0. The molecule has 208 valence electrons. The molecule has 12 heteroatoms. The molecule has 2 amide bonds. The van der Waals surface area contributed by atoms with E-state index in [1.54, 1.807) is 48.5 Å². The van der Waals surface area contributed by atoms with Gasteiger partial charge in [-0.1, -0.05) is 35.5 Å². The highest BCUT2D eigenvalue weighted by Crippen LogP contribution is 2.39. The van der Waals surface area contributed by atoms with Crippen LogP contribution in [0.3, 0.4) is 0 Å². The summed E-state index contributed by atoms with van der Waals surface area (Å²) >= 11 is 2.48. The molecule has 0 aliphatic carbocycles. The Morgan fingerprint density at radius 3 is 2.67 bits per heavy atom. The van der Waals surface area contributed by atoms with Gasteiger partial charge in [0, 0.05) is 17.3 Å². The number of fused-ring (bicyclic) bond motifs is 1. The highest BCUT2D eigenvalue weighted by Gasteiger charge is 2.19. The van der Waals surface area contributed by atoms with E-state index in [0.29, 0.717) is 37.3 Å². The molecule has 0 atom stereocenters. The summed E-state index contributed by atoms with van der Waals surface area (Å²) in [7, 11) is 0. The number of hydrogen-bond acceptors (Lipinski definition) is 9. The highest BCUT2D eigenvalue weighted by molar-refractivity contribution is 8.01. The van der Waals surface area contributed by atoms with Gasteiger partial charge in [-0.05, 0) is 67.1 Å². The molecule has 2 N–H and O–H groups in total. The van der Waals surface area contributed by atoms with E-state index in [2.05, 4.69) is 15.6 Å². The van der Waals surface area contributed by atoms with E-state index in [-0.39, 0.29) is 23.7 Å². The highest BCUT2D eigenvalue weighted by atomic mass is 32.2. The van der Waals surface area contributed by atoms with E-state index in [1.807, 2.05) is 31.2 Å². The Labute approximate surface area is 247 Å². The zero-order valence-corrected chi connectivity index (χ0v) is 23.6. The normalized spacial score (nSPS) is 11.2. The Bertz CT molecular complexity index is 1870. The third-order valence-electron chi connectivity index (χ3n) is 6.00. The van der Waals surface area contributed by atoms with Crippen molar-refractivity contribution in [2.45, 2.75) is 22.7 Å². The maximum absolute atomic E-state index is 12.6. The SMILES string of the molecule is Cc1ccc(C(=O)Nc2ccc3nc(Sc4ccc(/C=C(\C#N)C(=O)NCc5ccco5)cc4[N+](=O)[O-])sc3c2)cc1. The van der Waals surface area contributed by atoms with Gasteiger partial charge in [-0.25, -0.2) is 4.98 Å². The minimum Gasteiger partial charge on any atom is -0.467 e. The van der Waals surface area contributed by atoms with Gasteiger partial charge in [-0.15, -0.1) is 11.3 Å². The molecule has 5 rings (SSSR count). The maximum Gasteiger partial charge on any atom is 0.283 e. The summed E-state index contributed by atoms with van der Waals surface area (Å²) in [6, 6.07) is 22.3. The van der Waals surface area contributed by atoms with E-state index in [1.165, 1.54) is 29.7 Å². The van der Waals surface area contributed by atoms with Crippen LogP contribution in [0.5, 0.6) is 0 Å². The van der Waals surface area contributed by atoms with Crippen molar-refractivity contribution < 1.29 is 18.9 Å². The number of benzene rings is 3. The average Bonchev–Trinajstić information content (AvgIpc) is 3.65. The number of furan rings is 1. The first-order valence-electron chi connectivity index (χ1n) is 12.5. The molecule has 0 bridgehead atoms. The second-order valence-corrected chi connectivity index (χ2v) is 11.3. The van der Waals surface area contributed by atoms with E-state index >= 15 is 0 Å². The van der Waals surface area contributed by atoms with Gasteiger partial charge in [-0.3, -0.25) is 19.7 Å². The van der Waals surface area contributed by atoms with Crippen molar-refractivity contribution in [1.29, 1.82) is 5.26 Å². The van der Waals surface area contributed by atoms with Crippen LogP contribution in [0.1, 0.15) is 27.2 Å². The van der Waals surface area contributed by atoms with Crippen LogP contribution in [0.15, 0.2) is 98.3 Å². The van der Waals surface area contributed by atoms with Crippen LogP contribution in [0, 0.1) is 28.4 Å². The fourth-order valence-electron chi connectivity index (χ4n) is 3.87. The lowest BCUT2D eigenvalue weighted by atomic mass is 10.1. The monoisotopic (exact) mass is 595 g/mol. The summed E-state index contributed by atoms with van der Waals surface area (Å²) < 4.78 is 6.55. The molecule has 3 aromatic carbocycles. The number of nitrogens with one attached hydrogen (secondary N) is 2. The largest absolute Gasteiger partial charge is 0.467 e. The molecule has 0 unspecified atom stereocenters. The smallest absolute Gasteiger partial charge is 0.283 e. The molecule has 5 aromatic rings. The number of aromatic nitrogens is 1. The fourth-order valence-corrected chi connectivity index (χ4v) is 6.02. The number of amides is 2. The van der Waals surface area contributed by atoms with Gasteiger partial charge in [0.2, 0.25) is 0 Å². The number of nitrogens with zero attached hydrogens (tertiary/aromatic N) is 3. The number of nitro groups is 1. The number of carbonyl (C=O) groups excluding carboxylic acids is 2. The van der Waals surface area contributed by atoms with Gasteiger partial charge in [-0.2, -0.15) is 5.26 Å². The predicted octanol–water partition coefficient (Wildman–Crippen LogP) is 6.73. The Kier molecular flexibility index (Phi) is 8.42. The third-order valence-corrected chi connectivity index (χ3v) is 8.14. The number of rotatable bonds is 9. The quantitative estimate of drug-likeness (QED) is 0.0823. The number of carbonyl (C=O) groups is 2. The van der Waals surface area contributed by atoms with Crippen molar-refractivity contribution in [3.05, 3.63) is 117 Å². The lowest BCUT2D eigenvalue weighted by Gasteiger charge is -2.05. The topological polar surface area (TPSA) is 151 Å². The van der Waals surface area contributed by atoms with Gasteiger partial charge in [0.25, 0.3) is 17.5 Å². The average molecular weight is 596 g/mol. The van der Waals surface area contributed by atoms with Crippen LogP contribution in [0.2, 0.25) is 0 Å². The van der Waals surface area contributed by atoms with Gasteiger partial charge in [0.1, 0.15) is 17.4 Å². The van der Waals surface area contributed by atoms with Gasteiger partial charge < -0.3 is 15.1 Å². The second kappa shape index (κ2) is 12.5. The van der Waals surface area contributed by atoms with Crippen LogP contribution in [-0.4, -0.2) is 21.7 Å². The lowest BCUT2D eigenvalue weighted by molar-refractivity contribution is -0.387. The zero-order chi connectivity index (χ0) is 29.6. The molecule has 0 radical (unpaired) electrons. The molecule has 0 fully saturated rings. The van der Waals surface area contributed by atoms with E-state index in [0.717, 1.165) is 22.0 Å². The van der Waals surface area contributed by atoms with Crippen LogP contribution in [0.25, 0.3) is 16.3 Å². The minimum atomic E-state index is -0.626. The predicted molar refractivity (Wildman–Crippen MR) is 160 cm³/mol. The van der Waals surface area contributed by atoms with Gasteiger partial charge in [0.15, 0.2) is 4.34 Å². The van der Waals surface area contributed by atoms with Crippen LogP contribution in [0.4, 0.5) is 11.4 Å². The summed E-state index contributed by atoms with van der Waals surface area (Å²) in [4.78, 5) is 41.4. The minimum absolute atomic E-state index is 0.101. The number of aryl methyl sites for hydroxylation is 1. The number of nitro benzene ring substituents is 1. The lowest BCUT2D eigenvalue weighted by Crippen LogP contribution is -2.23. The molecule has 42 heavy (non-hydrogen) atoms. The summed E-state index contributed by atoms with van der Waals surface area (Å²) in [5.74, 6) is -0.331. The van der Waals surface area contributed by atoms with Crippen LogP contribution < -0.4 is 10.6 Å². The van der Waals surface area contributed by atoms with Crippen molar-refractivity contribution in [1.82, 2.24) is 10.3 Å². The molecule has 0 saturated heterocycles.